The van der Waals surface area contributed by atoms with E-state index in [1.807, 2.05) is 0 Å². The third-order valence-electron chi connectivity index (χ3n) is 2.75. The van der Waals surface area contributed by atoms with Gasteiger partial charge in [-0.2, -0.15) is 4.39 Å². The molecule has 0 spiro atoms. The summed E-state index contributed by atoms with van der Waals surface area (Å²) in [7, 11) is 1.37. The first-order chi connectivity index (χ1) is 9.90. The Kier molecular flexibility index (Phi) is 3.92. The Labute approximate surface area is 117 Å². The van der Waals surface area contributed by atoms with Crippen LogP contribution in [0.3, 0.4) is 0 Å². The van der Waals surface area contributed by atoms with Crippen LogP contribution in [0, 0.1) is 21.7 Å². The average Bonchev–Trinajstić information content (AvgIpc) is 2.90. The summed E-state index contributed by atoms with van der Waals surface area (Å²) in [4.78, 5) is 29.5. The number of nitrogens with one attached hydrogen (secondary N) is 1. The highest BCUT2D eigenvalue weighted by molar-refractivity contribution is 5.94. The Balaban J connectivity index is 2.30. The zero-order valence-electron chi connectivity index (χ0n) is 10.8. The fraction of sp³-hybridized carbons (Fsp3) is 0.167. The number of imidazole rings is 1. The zero-order valence-corrected chi connectivity index (χ0v) is 10.8. The number of H-pyrrole nitrogens is 1. The Bertz CT molecular complexity index is 688. The van der Waals surface area contributed by atoms with Crippen LogP contribution in [-0.2, 0) is 6.54 Å². The fourth-order valence-electron chi connectivity index (χ4n) is 1.73. The van der Waals surface area contributed by atoms with E-state index in [2.05, 4.69) is 9.97 Å². The Morgan fingerprint density at radius 2 is 2.14 bits per heavy atom. The van der Waals surface area contributed by atoms with Crippen LogP contribution in [0.2, 0.25) is 0 Å². The number of nitro groups is 1. The van der Waals surface area contributed by atoms with Crippen LogP contribution < -0.4 is 0 Å². The van der Waals surface area contributed by atoms with Crippen molar-refractivity contribution in [3.63, 3.8) is 0 Å². The van der Waals surface area contributed by atoms with E-state index in [1.165, 1.54) is 13.2 Å². The van der Waals surface area contributed by atoms with E-state index in [1.54, 1.807) is 6.20 Å². The van der Waals surface area contributed by atoms with Crippen molar-refractivity contribution in [2.24, 2.45) is 0 Å². The van der Waals surface area contributed by atoms with Gasteiger partial charge < -0.3 is 9.88 Å². The maximum absolute atomic E-state index is 13.6. The maximum atomic E-state index is 13.6. The SMILES string of the molecule is CN(Cc1ncc[nH]1)C(=O)c1cc([N+](=O)[O-])c(F)cc1F. The lowest BCUT2D eigenvalue weighted by Crippen LogP contribution is -2.27. The van der Waals surface area contributed by atoms with Gasteiger partial charge in [-0.05, 0) is 0 Å². The molecule has 110 valence electrons. The topological polar surface area (TPSA) is 92.1 Å². The largest absolute Gasteiger partial charge is 0.347 e. The second-order valence-electron chi connectivity index (χ2n) is 4.24. The summed E-state index contributed by atoms with van der Waals surface area (Å²) in [5, 5.41) is 10.6. The van der Waals surface area contributed by atoms with E-state index in [0.29, 0.717) is 18.0 Å². The standard InChI is InChI=1S/C12H10F2N4O3/c1-17(6-11-15-2-3-16-11)12(19)7-4-10(18(20)21)9(14)5-8(7)13/h2-5H,6H2,1H3,(H,15,16). The van der Waals surface area contributed by atoms with Gasteiger partial charge in [0, 0.05) is 31.6 Å². The van der Waals surface area contributed by atoms with Crippen molar-refractivity contribution in [1.29, 1.82) is 0 Å². The van der Waals surface area contributed by atoms with E-state index in [4.69, 9.17) is 0 Å². The minimum Gasteiger partial charge on any atom is -0.347 e. The van der Waals surface area contributed by atoms with Gasteiger partial charge in [-0.3, -0.25) is 14.9 Å². The molecule has 0 fully saturated rings. The zero-order chi connectivity index (χ0) is 15.6. The third-order valence-corrected chi connectivity index (χ3v) is 2.75. The molecule has 1 aromatic heterocycles. The molecule has 7 nitrogen and oxygen atoms in total. The molecule has 1 heterocycles. The molecule has 2 rings (SSSR count). The highest BCUT2D eigenvalue weighted by atomic mass is 19.1. The summed E-state index contributed by atoms with van der Waals surface area (Å²) in [6.45, 7) is 0.0520. The summed E-state index contributed by atoms with van der Waals surface area (Å²) in [6.07, 6.45) is 3.04. The first kappa shape index (κ1) is 14.6. The van der Waals surface area contributed by atoms with Crippen LogP contribution in [-0.4, -0.2) is 32.7 Å². The third kappa shape index (κ3) is 3.02. The summed E-state index contributed by atoms with van der Waals surface area (Å²) in [5.41, 5.74) is -1.52. The van der Waals surface area contributed by atoms with Crippen molar-refractivity contribution >= 4 is 11.6 Å². The van der Waals surface area contributed by atoms with Crippen molar-refractivity contribution in [1.82, 2.24) is 14.9 Å². The summed E-state index contributed by atoms with van der Waals surface area (Å²) in [5.74, 6) is -2.84. The molecule has 0 aliphatic heterocycles. The van der Waals surface area contributed by atoms with Gasteiger partial charge in [0.1, 0.15) is 11.6 Å². The van der Waals surface area contributed by atoms with Crippen LogP contribution >= 0.6 is 0 Å². The van der Waals surface area contributed by atoms with Gasteiger partial charge in [0.05, 0.1) is 17.0 Å². The van der Waals surface area contributed by atoms with Gasteiger partial charge >= 0.3 is 5.69 Å². The molecular formula is C12H10F2N4O3. The quantitative estimate of drug-likeness (QED) is 0.688. The van der Waals surface area contributed by atoms with Crippen LogP contribution in [0.1, 0.15) is 16.2 Å². The number of aromatic amines is 1. The predicted octanol–water partition coefficient (Wildman–Crippen LogP) is 1.87. The molecule has 21 heavy (non-hydrogen) atoms. The number of nitrogens with zero attached hydrogens (tertiary/aromatic N) is 3. The van der Waals surface area contributed by atoms with Gasteiger partial charge in [-0.1, -0.05) is 0 Å². The molecule has 0 saturated heterocycles. The smallest absolute Gasteiger partial charge is 0.305 e. The molecule has 1 amide bonds. The minimum atomic E-state index is -1.33. The minimum absolute atomic E-state index is 0.0520. The highest BCUT2D eigenvalue weighted by Crippen LogP contribution is 2.22. The Hall–Kier alpha value is -2.84. The first-order valence-electron chi connectivity index (χ1n) is 5.77. The monoisotopic (exact) mass is 296 g/mol. The molecule has 9 heteroatoms. The number of carbonyl (C=O) groups excluding carboxylic acids is 1. The Morgan fingerprint density at radius 1 is 1.43 bits per heavy atom. The Morgan fingerprint density at radius 3 is 2.71 bits per heavy atom. The van der Waals surface area contributed by atoms with Crippen LogP contribution in [0.5, 0.6) is 0 Å². The van der Waals surface area contributed by atoms with Crippen molar-refractivity contribution < 1.29 is 18.5 Å². The molecule has 1 aromatic carbocycles. The maximum Gasteiger partial charge on any atom is 0.305 e. The highest BCUT2D eigenvalue weighted by Gasteiger charge is 2.24. The summed E-state index contributed by atoms with van der Waals surface area (Å²) < 4.78 is 26.9. The second kappa shape index (κ2) is 5.65. The van der Waals surface area contributed by atoms with Gasteiger partial charge in [-0.15, -0.1) is 0 Å². The first-order valence-corrected chi connectivity index (χ1v) is 5.77. The molecule has 0 unspecified atom stereocenters. The van der Waals surface area contributed by atoms with E-state index in [9.17, 15) is 23.7 Å². The van der Waals surface area contributed by atoms with Crippen LogP contribution in [0.4, 0.5) is 14.5 Å². The number of amides is 1. The van der Waals surface area contributed by atoms with Gasteiger partial charge in [0.2, 0.25) is 5.82 Å². The predicted molar refractivity (Wildman–Crippen MR) is 67.4 cm³/mol. The number of carbonyl (C=O) groups is 1. The van der Waals surface area contributed by atoms with Crippen LogP contribution in [0.25, 0.3) is 0 Å². The van der Waals surface area contributed by atoms with Gasteiger partial charge in [0.25, 0.3) is 5.91 Å². The molecule has 0 bridgehead atoms. The second-order valence-corrected chi connectivity index (χ2v) is 4.24. The molecule has 0 atom stereocenters. The molecule has 1 N–H and O–H groups in total. The lowest BCUT2D eigenvalue weighted by atomic mass is 10.1. The molecule has 0 radical (unpaired) electrons. The number of halogens is 2. The van der Waals surface area contributed by atoms with E-state index < -0.39 is 33.7 Å². The van der Waals surface area contributed by atoms with E-state index in [-0.39, 0.29) is 6.54 Å². The lowest BCUT2D eigenvalue weighted by molar-refractivity contribution is -0.387. The van der Waals surface area contributed by atoms with Gasteiger partial charge in [0.15, 0.2) is 0 Å². The normalized spacial score (nSPS) is 10.4. The summed E-state index contributed by atoms with van der Waals surface area (Å²) in [6, 6.07) is 0.914. The number of hydrogen-bond donors (Lipinski definition) is 1. The number of aromatic nitrogens is 2. The molecule has 2 aromatic rings. The molecule has 0 saturated carbocycles. The van der Waals surface area contributed by atoms with Crippen molar-refractivity contribution in [3.8, 4) is 0 Å². The number of hydrogen-bond acceptors (Lipinski definition) is 4. The molecule has 0 aliphatic carbocycles. The fourth-order valence-corrected chi connectivity index (χ4v) is 1.73. The van der Waals surface area contributed by atoms with Gasteiger partial charge in [-0.25, -0.2) is 9.37 Å². The van der Waals surface area contributed by atoms with E-state index in [0.717, 1.165) is 4.90 Å². The van der Waals surface area contributed by atoms with E-state index >= 15 is 0 Å². The number of rotatable bonds is 4. The molecular weight excluding hydrogens is 286 g/mol. The van der Waals surface area contributed by atoms with Crippen molar-refractivity contribution in [3.05, 3.63) is 57.7 Å². The summed E-state index contributed by atoms with van der Waals surface area (Å²) >= 11 is 0. The molecule has 0 aliphatic rings. The average molecular weight is 296 g/mol. The number of benzene rings is 1. The lowest BCUT2D eigenvalue weighted by Gasteiger charge is -2.16. The van der Waals surface area contributed by atoms with Crippen LogP contribution in [0.15, 0.2) is 24.5 Å². The van der Waals surface area contributed by atoms with Crippen molar-refractivity contribution in [2.45, 2.75) is 6.54 Å². The number of nitro benzene ring substituents is 1. The van der Waals surface area contributed by atoms with Crippen molar-refractivity contribution in [2.75, 3.05) is 7.05 Å².